The lowest BCUT2D eigenvalue weighted by atomic mass is 10.1. The topological polar surface area (TPSA) is 18.5 Å². The largest absolute Gasteiger partial charge is 0.488 e. The minimum atomic E-state index is -0.218. The van der Waals surface area contributed by atoms with Crippen LogP contribution in [0.1, 0.15) is 18.4 Å². The second-order valence-electron chi connectivity index (χ2n) is 3.87. The van der Waals surface area contributed by atoms with E-state index >= 15 is 0 Å². The highest BCUT2D eigenvalue weighted by Gasteiger charge is 2.15. The first-order valence-electron chi connectivity index (χ1n) is 5.26. The molecule has 1 unspecified atom stereocenters. The summed E-state index contributed by atoms with van der Waals surface area (Å²) in [4.78, 5) is 0. The molecule has 1 aliphatic heterocycles. The lowest BCUT2D eigenvalue weighted by molar-refractivity contribution is 0.00730. The Hall–Kier alpha value is -1.09. The summed E-state index contributed by atoms with van der Waals surface area (Å²) in [5, 5.41) is 0. The molecule has 0 N–H and O–H groups in total. The molecule has 0 bridgehead atoms. The van der Waals surface area contributed by atoms with Crippen LogP contribution in [-0.2, 0) is 4.74 Å². The summed E-state index contributed by atoms with van der Waals surface area (Å²) in [6, 6.07) is 4.96. The fraction of sp³-hybridized carbons (Fsp3) is 0.500. The van der Waals surface area contributed by atoms with Gasteiger partial charge in [0.05, 0.1) is 6.61 Å². The Balaban J connectivity index is 2.00. The van der Waals surface area contributed by atoms with Gasteiger partial charge < -0.3 is 9.47 Å². The summed E-state index contributed by atoms with van der Waals surface area (Å²) in [5.74, 6) is 0.373. The fourth-order valence-corrected chi connectivity index (χ4v) is 1.64. The normalized spacial score (nSPS) is 21.3. The van der Waals surface area contributed by atoms with Gasteiger partial charge in [-0.2, -0.15) is 0 Å². The van der Waals surface area contributed by atoms with Gasteiger partial charge in [-0.15, -0.1) is 0 Å². The van der Waals surface area contributed by atoms with Gasteiger partial charge in [0.2, 0.25) is 0 Å². The predicted octanol–water partition coefficient (Wildman–Crippen LogP) is 2.69. The van der Waals surface area contributed by atoms with Crippen molar-refractivity contribution in [2.45, 2.75) is 25.9 Å². The highest BCUT2D eigenvalue weighted by Crippen LogP contribution is 2.19. The van der Waals surface area contributed by atoms with Crippen molar-refractivity contribution in [1.29, 1.82) is 0 Å². The van der Waals surface area contributed by atoms with Crippen molar-refractivity contribution in [1.82, 2.24) is 0 Å². The molecule has 3 heteroatoms. The van der Waals surface area contributed by atoms with Gasteiger partial charge in [0, 0.05) is 12.7 Å². The Morgan fingerprint density at radius 3 is 3.00 bits per heavy atom. The SMILES string of the molecule is Cc1ccc(OC2CCCOC2)cc1F. The summed E-state index contributed by atoms with van der Waals surface area (Å²) in [5.41, 5.74) is 0.641. The Labute approximate surface area is 89.0 Å². The first kappa shape index (κ1) is 10.4. The van der Waals surface area contributed by atoms with E-state index in [4.69, 9.17) is 9.47 Å². The molecule has 0 saturated carbocycles. The number of benzene rings is 1. The first-order valence-corrected chi connectivity index (χ1v) is 5.26. The van der Waals surface area contributed by atoms with Crippen LogP contribution in [0.4, 0.5) is 4.39 Å². The number of aryl methyl sites for hydroxylation is 1. The molecule has 1 atom stereocenters. The van der Waals surface area contributed by atoms with Crippen LogP contribution >= 0.6 is 0 Å². The molecule has 1 fully saturated rings. The molecule has 0 radical (unpaired) electrons. The van der Waals surface area contributed by atoms with E-state index in [2.05, 4.69) is 0 Å². The van der Waals surface area contributed by atoms with Crippen molar-refractivity contribution in [2.75, 3.05) is 13.2 Å². The zero-order chi connectivity index (χ0) is 10.7. The molecule has 1 saturated heterocycles. The van der Waals surface area contributed by atoms with Crippen molar-refractivity contribution in [3.8, 4) is 5.75 Å². The number of hydrogen-bond donors (Lipinski definition) is 0. The zero-order valence-corrected chi connectivity index (χ0v) is 8.83. The third-order valence-corrected chi connectivity index (χ3v) is 2.56. The standard InChI is InChI=1S/C12H15FO2/c1-9-4-5-10(7-12(9)13)15-11-3-2-6-14-8-11/h4-5,7,11H,2-3,6,8H2,1H3. The van der Waals surface area contributed by atoms with E-state index < -0.39 is 0 Å². The molecule has 1 heterocycles. The Bertz CT molecular complexity index is 332. The lowest BCUT2D eigenvalue weighted by Gasteiger charge is -2.23. The maximum Gasteiger partial charge on any atom is 0.129 e. The van der Waals surface area contributed by atoms with Crippen LogP contribution < -0.4 is 4.74 Å². The van der Waals surface area contributed by atoms with Gasteiger partial charge in [0.1, 0.15) is 17.7 Å². The van der Waals surface area contributed by atoms with Crippen LogP contribution in [0, 0.1) is 12.7 Å². The Kier molecular flexibility index (Phi) is 3.21. The molecule has 0 spiro atoms. The van der Waals surface area contributed by atoms with Gasteiger partial charge in [-0.25, -0.2) is 4.39 Å². The number of rotatable bonds is 2. The smallest absolute Gasteiger partial charge is 0.129 e. The van der Waals surface area contributed by atoms with Crippen LogP contribution in [0.3, 0.4) is 0 Å². The fourth-order valence-electron chi connectivity index (χ4n) is 1.64. The minimum Gasteiger partial charge on any atom is -0.488 e. The minimum absolute atomic E-state index is 0.0702. The maximum absolute atomic E-state index is 13.2. The van der Waals surface area contributed by atoms with E-state index in [9.17, 15) is 4.39 Å². The number of hydrogen-bond acceptors (Lipinski definition) is 2. The average Bonchev–Trinajstić information content (AvgIpc) is 2.25. The van der Waals surface area contributed by atoms with E-state index in [1.54, 1.807) is 19.1 Å². The van der Waals surface area contributed by atoms with Gasteiger partial charge in [0.25, 0.3) is 0 Å². The summed E-state index contributed by atoms with van der Waals surface area (Å²) >= 11 is 0. The average molecular weight is 210 g/mol. The second kappa shape index (κ2) is 4.62. The van der Waals surface area contributed by atoms with E-state index in [1.807, 2.05) is 0 Å². The molecule has 0 aliphatic carbocycles. The van der Waals surface area contributed by atoms with E-state index in [0.29, 0.717) is 17.9 Å². The number of halogens is 1. The second-order valence-corrected chi connectivity index (χ2v) is 3.87. The third kappa shape index (κ3) is 2.69. The molecule has 15 heavy (non-hydrogen) atoms. The molecule has 82 valence electrons. The summed E-state index contributed by atoms with van der Waals surface area (Å²) in [7, 11) is 0. The van der Waals surface area contributed by atoms with Crippen molar-refractivity contribution in [3.05, 3.63) is 29.6 Å². The van der Waals surface area contributed by atoms with Crippen LogP contribution in [0.25, 0.3) is 0 Å². The summed E-state index contributed by atoms with van der Waals surface area (Å²) < 4.78 is 24.1. The molecule has 2 nitrogen and oxygen atoms in total. The van der Waals surface area contributed by atoms with E-state index in [0.717, 1.165) is 19.4 Å². The van der Waals surface area contributed by atoms with Gasteiger partial charge in [-0.1, -0.05) is 6.07 Å². The van der Waals surface area contributed by atoms with Crippen molar-refractivity contribution in [3.63, 3.8) is 0 Å². The van der Waals surface area contributed by atoms with Gasteiger partial charge >= 0.3 is 0 Å². The van der Waals surface area contributed by atoms with Crippen molar-refractivity contribution >= 4 is 0 Å². The number of ether oxygens (including phenoxy) is 2. The van der Waals surface area contributed by atoms with Gasteiger partial charge in [0.15, 0.2) is 0 Å². The quantitative estimate of drug-likeness (QED) is 0.747. The van der Waals surface area contributed by atoms with Crippen LogP contribution in [0.5, 0.6) is 5.75 Å². The van der Waals surface area contributed by atoms with Crippen molar-refractivity contribution in [2.24, 2.45) is 0 Å². The zero-order valence-electron chi connectivity index (χ0n) is 8.83. The van der Waals surface area contributed by atoms with Crippen LogP contribution in [0.15, 0.2) is 18.2 Å². The molecule has 0 aromatic heterocycles. The Morgan fingerprint density at radius 2 is 2.33 bits per heavy atom. The van der Waals surface area contributed by atoms with E-state index in [1.165, 1.54) is 6.07 Å². The lowest BCUT2D eigenvalue weighted by Crippen LogP contribution is -2.28. The maximum atomic E-state index is 13.2. The molecular weight excluding hydrogens is 195 g/mol. The van der Waals surface area contributed by atoms with E-state index in [-0.39, 0.29) is 11.9 Å². The highest BCUT2D eigenvalue weighted by molar-refractivity contribution is 5.28. The molecule has 0 amide bonds. The molecule has 2 rings (SSSR count). The molecule has 1 aliphatic rings. The monoisotopic (exact) mass is 210 g/mol. The highest BCUT2D eigenvalue weighted by atomic mass is 19.1. The van der Waals surface area contributed by atoms with Crippen molar-refractivity contribution < 1.29 is 13.9 Å². The molecule has 1 aromatic carbocycles. The Morgan fingerprint density at radius 1 is 1.47 bits per heavy atom. The third-order valence-electron chi connectivity index (χ3n) is 2.56. The first-order chi connectivity index (χ1) is 7.25. The molecule has 1 aromatic rings. The van der Waals surface area contributed by atoms with Crippen LogP contribution in [-0.4, -0.2) is 19.3 Å². The summed E-state index contributed by atoms with van der Waals surface area (Å²) in [6.45, 7) is 3.15. The van der Waals surface area contributed by atoms with Crippen LogP contribution in [0.2, 0.25) is 0 Å². The molecular formula is C12H15FO2. The summed E-state index contributed by atoms with van der Waals surface area (Å²) in [6.07, 6.45) is 2.06. The predicted molar refractivity (Wildman–Crippen MR) is 55.6 cm³/mol. The van der Waals surface area contributed by atoms with Gasteiger partial charge in [-0.05, 0) is 31.4 Å². The van der Waals surface area contributed by atoms with Gasteiger partial charge in [-0.3, -0.25) is 0 Å².